The number of thioether (sulfide) groups is 1. The van der Waals surface area contributed by atoms with Gasteiger partial charge < -0.3 is 9.47 Å². The highest BCUT2D eigenvalue weighted by atomic mass is 32.2. The van der Waals surface area contributed by atoms with Gasteiger partial charge >= 0.3 is 0 Å². The predicted molar refractivity (Wildman–Crippen MR) is 105 cm³/mol. The van der Waals surface area contributed by atoms with E-state index in [-0.39, 0.29) is 17.0 Å². The molecule has 0 aliphatic carbocycles. The number of carbonyl (C=O) groups excluding carboxylic acids is 1. The number of amides is 1. The van der Waals surface area contributed by atoms with Crippen molar-refractivity contribution >= 4 is 17.7 Å². The van der Waals surface area contributed by atoms with E-state index in [1.165, 1.54) is 17.8 Å². The Kier molecular flexibility index (Phi) is 5.91. The first-order chi connectivity index (χ1) is 13.0. The molecule has 7 heteroatoms. The number of benzene rings is 2. The Morgan fingerprint density at radius 3 is 2.52 bits per heavy atom. The molecule has 0 spiro atoms. The molecular weight excluding hydrogens is 363 g/mol. The van der Waals surface area contributed by atoms with E-state index in [1.54, 1.807) is 41.8 Å². The van der Waals surface area contributed by atoms with Gasteiger partial charge in [-0.2, -0.15) is 0 Å². The first-order valence-electron chi connectivity index (χ1n) is 8.57. The van der Waals surface area contributed by atoms with Crippen LogP contribution in [0.15, 0.2) is 59.8 Å². The summed E-state index contributed by atoms with van der Waals surface area (Å²) in [7, 11) is 3.56. The van der Waals surface area contributed by atoms with Crippen LogP contribution in [0.1, 0.15) is 12.5 Å². The van der Waals surface area contributed by atoms with Gasteiger partial charge in [-0.3, -0.25) is 4.79 Å². The van der Waals surface area contributed by atoms with Crippen LogP contribution in [0.5, 0.6) is 0 Å². The first-order valence-corrected chi connectivity index (χ1v) is 9.45. The summed E-state index contributed by atoms with van der Waals surface area (Å²) >= 11 is 1.31. The second-order valence-electron chi connectivity index (χ2n) is 6.29. The zero-order valence-electron chi connectivity index (χ0n) is 15.5. The molecule has 0 fully saturated rings. The zero-order chi connectivity index (χ0) is 19.4. The summed E-state index contributed by atoms with van der Waals surface area (Å²) in [6.07, 6.45) is 0. The molecule has 2 aromatic carbocycles. The van der Waals surface area contributed by atoms with E-state index in [0.29, 0.717) is 23.1 Å². The summed E-state index contributed by atoms with van der Waals surface area (Å²) in [5.41, 5.74) is 1.46. The van der Waals surface area contributed by atoms with Crippen molar-refractivity contribution in [2.24, 2.45) is 7.05 Å². The molecule has 0 N–H and O–H groups in total. The van der Waals surface area contributed by atoms with Crippen LogP contribution in [0, 0.1) is 5.82 Å². The van der Waals surface area contributed by atoms with Crippen LogP contribution in [-0.2, 0) is 18.4 Å². The highest BCUT2D eigenvalue weighted by Gasteiger charge is 2.22. The van der Waals surface area contributed by atoms with Crippen molar-refractivity contribution < 1.29 is 9.18 Å². The third-order valence-electron chi connectivity index (χ3n) is 4.22. The first kappa shape index (κ1) is 19.1. The summed E-state index contributed by atoms with van der Waals surface area (Å²) in [6, 6.07) is 16.3. The minimum atomic E-state index is -0.351. The van der Waals surface area contributed by atoms with Gasteiger partial charge in [0.15, 0.2) is 11.0 Å². The summed E-state index contributed by atoms with van der Waals surface area (Å²) in [5.74, 6) is 0.0865. The third kappa shape index (κ3) is 4.36. The van der Waals surface area contributed by atoms with E-state index >= 15 is 0 Å². The second kappa shape index (κ2) is 8.35. The molecule has 27 heavy (non-hydrogen) atoms. The van der Waals surface area contributed by atoms with Gasteiger partial charge in [0.1, 0.15) is 5.82 Å². The maximum atomic E-state index is 14.0. The Balaban J connectivity index is 1.70. The van der Waals surface area contributed by atoms with Gasteiger partial charge in [-0.15, -0.1) is 10.2 Å². The maximum absolute atomic E-state index is 14.0. The van der Waals surface area contributed by atoms with E-state index in [0.717, 1.165) is 5.56 Å². The molecule has 0 radical (unpaired) electrons. The Morgan fingerprint density at radius 2 is 1.81 bits per heavy atom. The van der Waals surface area contributed by atoms with E-state index < -0.39 is 0 Å². The number of rotatable bonds is 6. The molecule has 5 nitrogen and oxygen atoms in total. The second-order valence-corrected chi connectivity index (χ2v) is 7.59. The van der Waals surface area contributed by atoms with Crippen LogP contribution in [0.3, 0.4) is 0 Å². The van der Waals surface area contributed by atoms with Crippen LogP contribution in [0.2, 0.25) is 0 Å². The van der Waals surface area contributed by atoms with Crippen LogP contribution >= 0.6 is 11.8 Å². The van der Waals surface area contributed by atoms with Crippen molar-refractivity contribution in [3.63, 3.8) is 0 Å². The molecule has 0 unspecified atom stereocenters. The third-order valence-corrected chi connectivity index (χ3v) is 5.34. The molecule has 1 amide bonds. The molecule has 3 aromatic rings. The maximum Gasteiger partial charge on any atom is 0.235 e. The lowest BCUT2D eigenvalue weighted by atomic mass is 10.2. The highest BCUT2D eigenvalue weighted by molar-refractivity contribution is 8.00. The van der Waals surface area contributed by atoms with Gasteiger partial charge in [-0.25, -0.2) is 4.39 Å². The smallest absolute Gasteiger partial charge is 0.235 e. The molecule has 0 saturated carbocycles. The van der Waals surface area contributed by atoms with Gasteiger partial charge in [0, 0.05) is 20.6 Å². The molecule has 0 aliphatic heterocycles. The molecule has 0 bridgehead atoms. The Labute approximate surface area is 162 Å². The summed E-state index contributed by atoms with van der Waals surface area (Å²) in [4.78, 5) is 14.4. The van der Waals surface area contributed by atoms with Gasteiger partial charge in [-0.05, 0) is 24.6 Å². The number of hydrogen-bond donors (Lipinski definition) is 0. The van der Waals surface area contributed by atoms with Crippen LogP contribution < -0.4 is 0 Å². The number of nitrogens with zero attached hydrogens (tertiary/aromatic N) is 4. The average Bonchev–Trinajstić information content (AvgIpc) is 3.02. The molecule has 0 saturated heterocycles. The predicted octanol–water partition coefficient (Wildman–Crippen LogP) is 3.76. The topological polar surface area (TPSA) is 51.0 Å². The van der Waals surface area contributed by atoms with Crippen molar-refractivity contribution in [1.82, 2.24) is 19.7 Å². The van der Waals surface area contributed by atoms with E-state index in [4.69, 9.17) is 0 Å². The largest absolute Gasteiger partial charge is 0.340 e. The fourth-order valence-corrected chi connectivity index (χ4v) is 3.68. The summed E-state index contributed by atoms with van der Waals surface area (Å²) < 4.78 is 15.7. The number of aromatic nitrogens is 3. The SMILES string of the molecule is C[C@H](Sc1nnc(-c2ccccc2F)n1C)C(=O)N(C)Cc1ccccc1. The van der Waals surface area contributed by atoms with E-state index in [1.807, 2.05) is 37.3 Å². The molecule has 1 heterocycles. The number of hydrogen-bond acceptors (Lipinski definition) is 4. The fraction of sp³-hybridized carbons (Fsp3) is 0.250. The molecule has 0 aliphatic rings. The molecule has 1 aromatic heterocycles. The quantitative estimate of drug-likeness (QED) is 0.607. The van der Waals surface area contributed by atoms with Gasteiger partial charge in [0.05, 0.1) is 10.8 Å². The Hall–Kier alpha value is -2.67. The van der Waals surface area contributed by atoms with Crippen molar-refractivity contribution in [3.8, 4) is 11.4 Å². The Morgan fingerprint density at radius 1 is 1.15 bits per heavy atom. The summed E-state index contributed by atoms with van der Waals surface area (Å²) in [6.45, 7) is 2.38. The van der Waals surface area contributed by atoms with Gasteiger partial charge in [0.2, 0.25) is 5.91 Å². The van der Waals surface area contributed by atoms with Gasteiger partial charge in [0.25, 0.3) is 0 Å². The summed E-state index contributed by atoms with van der Waals surface area (Å²) in [5, 5.41) is 8.47. The standard InChI is InChI=1S/C20H21FN4OS/c1-14(19(26)24(2)13-15-9-5-4-6-10-15)27-20-23-22-18(25(20)3)16-11-7-8-12-17(16)21/h4-12,14H,13H2,1-3H3/t14-/m0/s1. The zero-order valence-corrected chi connectivity index (χ0v) is 16.3. The van der Waals surface area contributed by atoms with Crippen LogP contribution in [0.25, 0.3) is 11.4 Å². The van der Waals surface area contributed by atoms with Crippen molar-refractivity contribution in [2.75, 3.05) is 7.05 Å². The lowest BCUT2D eigenvalue weighted by Gasteiger charge is -2.21. The van der Waals surface area contributed by atoms with Crippen molar-refractivity contribution in [3.05, 3.63) is 66.0 Å². The highest BCUT2D eigenvalue weighted by Crippen LogP contribution is 2.27. The van der Waals surface area contributed by atoms with Gasteiger partial charge in [-0.1, -0.05) is 54.2 Å². The van der Waals surface area contributed by atoms with Crippen LogP contribution in [-0.4, -0.2) is 37.9 Å². The minimum absolute atomic E-state index is 0.000653. The molecular formula is C20H21FN4OS. The number of halogens is 1. The van der Waals surface area contributed by atoms with Crippen LogP contribution in [0.4, 0.5) is 4.39 Å². The fourth-order valence-electron chi connectivity index (χ4n) is 2.75. The normalized spacial score (nSPS) is 12.0. The number of carbonyl (C=O) groups is 1. The van der Waals surface area contributed by atoms with E-state index in [9.17, 15) is 9.18 Å². The molecule has 3 rings (SSSR count). The van der Waals surface area contributed by atoms with Crippen molar-refractivity contribution in [2.45, 2.75) is 23.9 Å². The molecule has 1 atom stereocenters. The molecule has 140 valence electrons. The average molecular weight is 384 g/mol. The lowest BCUT2D eigenvalue weighted by Crippen LogP contribution is -2.32. The Bertz CT molecular complexity index is 929. The van der Waals surface area contributed by atoms with E-state index in [2.05, 4.69) is 10.2 Å². The minimum Gasteiger partial charge on any atom is -0.340 e. The van der Waals surface area contributed by atoms with Crippen molar-refractivity contribution in [1.29, 1.82) is 0 Å². The lowest BCUT2D eigenvalue weighted by molar-refractivity contribution is -0.129. The monoisotopic (exact) mass is 384 g/mol.